The van der Waals surface area contributed by atoms with E-state index in [9.17, 15) is 32.7 Å². The summed E-state index contributed by atoms with van der Waals surface area (Å²) in [5.74, 6) is -1.07. The van der Waals surface area contributed by atoms with Gasteiger partial charge in [-0.2, -0.15) is 4.72 Å². The van der Waals surface area contributed by atoms with Crippen LogP contribution in [0, 0.1) is 5.92 Å². The van der Waals surface area contributed by atoms with Crippen molar-refractivity contribution in [3.05, 3.63) is 12.7 Å². The Morgan fingerprint density at radius 3 is 2.24 bits per heavy atom. The van der Waals surface area contributed by atoms with Crippen molar-refractivity contribution in [2.45, 2.75) is 81.3 Å². The first-order valence-electron chi connectivity index (χ1n) is 13.0. The Balaban J connectivity index is 1.50. The van der Waals surface area contributed by atoms with Gasteiger partial charge in [0.1, 0.15) is 12.3 Å². The minimum Gasteiger partial charge on any atom is -0.375 e. The van der Waals surface area contributed by atoms with Crippen molar-refractivity contribution in [1.82, 2.24) is 25.2 Å². The molecule has 0 radical (unpaired) electrons. The summed E-state index contributed by atoms with van der Waals surface area (Å²) in [6.07, 6.45) is 3.37. The number of likely N-dealkylation sites (tertiary alicyclic amines) is 2. The summed E-state index contributed by atoms with van der Waals surface area (Å²) in [4.78, 5) is 53.4. The standard InChI is InChI=1S/C24H39N5O7S/c1-3-5-18(23(33)27-37(35,36)17-7-8-17)26-24(34)19-6-4-13-29(19)21(31)10-9-20(30)28-14-11-16(12-15-28)22(32)25-2/h3,16-19,23,27,33H,1,4-15H2,2H3,(H,25,32)(H,26,34)/t18-,19+,23?/m1/s1. The zero-order chi connectivity index (χ0) is 27.2. The molecule has 208 valence electrons. The van der Waals surface area contributed by atoms with Gasteiger partial charge in [-0.1, -0.05) is 6.08 Å². The van der Waals surface area contributed by atoms with E-state index < -0.39 is 39.5 Å². The fourth-order valence-corrected chi connectivity index (χ4v) is 6.35. The molecule has 0 aromatic heterocycles. The van der Waals surface area contributed by atoms with Gasteiger partial charge in [0.15, 0.2) is 0 Å². The van der Waals surface area contributed by atoms with Crippen LogP contribution < -0.4 is 15.4 Å². The van der Waals surface area contributed by atoms with Crippen LogP contribution in [0.2, 0.25) is 0 Å². The Morgan fingerprint density at radius 1 is 1.00 bits per heavy atom. The number of carbonyl (C=O) groups is 4. The Kier molecular flexibility index (Phi) is 10.1. The van der Waals surface area contributed by atoms with Gasteiger partial charge in [-0.25, -0.2) is 8.42 Å². The van der Waals surface area contributed by atoms with Crippen molar-refractivity contribution >= 4 is 33.7 Å². The number of nitrogens with one attached hydrogen (secondary N) is 3. The quantitative estimate of drug-likeness (QED) is 0.186. The molecule has 13 heteroatoms. The molecule has 1 aliphatic carbocycles. The number of amides is 4. The molecule has 4 N–H and O–H groups in total. The van der Waals surface area contributed by atoms with Gasteiger partial charge in [-0.15, -0.1) is 6.58 Å². The van der Waals surface area contributed by atoms with Gasteiger partial charge in [0.05, 0.1) is 11.3 Å². The molecule has 2 heterocycles. The van der Waals surface area contributed by atoms with Crippen LogP contribution in [-0.4, -0.2) is 97.2 Å². The smallest absolute Gasteiger partial charge is 0.243 e. The lowest BCUT2D eigenvalue weighted by molar-refractivity contribution is -0.141. The Bertz CT molecular complexity index is 976. The number of sulfonamides is 1. The van der Waals surface area contributed by atoms with E-state index >= 15 is 0 Å². The maximum absolute atomic E-state index is 13.0. The third kappa shape index (κ3) is 7.74. The highest BCUT2D eigenvalue weighted by molar-refractivity contribution is 7.90. The first kappa shape index (κ1) is 29.1. The molecule has 2 saturated heterocycles. The molecule has 3 aliphatic rings. The number of rotatable bonds is 12. The van der Waals surface area contributed by atoms with Gasteiger partial charge in [-0.05, 0) is 44.9 Å². The summed E-state index contributed by atoms with van der Waals surface area (Å²) in [7, 11) is -2.08. The molecule has 0 bridgehead atoms. The van der Waals surface area contributed by atoms with Crippen molar-refractivity contribution in [2.75, 3.05) is 26.7 Å². The summed E-state index contributed by atoms with van der Waals surface area (Å²) in [6, 6.07) is -1.69. The van der Waals surface area contributed by atoms with Crippen LogP contribution in [-0.2, 0) is 29.2 Å². The van der Waals surface area contributed by atoms with E-state index in [2.05, 4.69) is 21.9 Å². The zero-order valence-electron chi connectivity index (χ0n) is 21.4. The second-order valence-corrected chi connectivity index (χ2v) is 12.0. The maximum Gasteiger partial charge on any atom is 0.243 e. The van der Waals surface area contributed by atoms with Crippen LogP contribution >= 0.6 is 0 Å². The molecular weight excluding hydrogens is 502 g/mol. The summed E-state index contributed by atoms with van der Waals surface area (Å²) < 4.78 is 26.6. The van der Waals surface area contributed by atoms with Crippen molar-refractivity contribution in [3.8, 4) is 0 Å². The Hall–Kier alpha value is -2.51. The molecule has 12 nitrogen and oxygen atoms in total. The second-order valence-electron chi connectivity index (χ2n) is 9.96. The van der Waals surface area contributed by atoms with Gasteiger partial charge in [-0.3, -0.25) is 19.2 Å². The van der Waals surface area contributed by atoms with E-state index in [1.54, 1.807) is 11.9 Å². The SMILES string of the molecule is C=CC[C@@H](NC(=O)[C@@H]1CCCN1C(=O)CCC(=O)N1CCC(C(=O)NC)CC1)C(O)NS(=O)(=O)C1CC1. The normalized spacial score (nSPS) is 22.3. The minimum atomic E-state index is -3.67. The van der Waals surface area contributed by atoms with Gasteiger partial charge in [0.2, 0.25) is 33.7 Å². The summed E-state index contributed by atoms with van der Waals surface area (Å²) in [6.45, 7) is 4.93. The van der Waals surface area contributed by atoms with Crippen molar-refractivity contribution in [3.63, 3.8) is 0 Å². The number of aliphatic hydroxyl groups is 1. The lowest BCUT2D eigenvalue weighted by atomic mass is 9.95. The number of aliphatic hydroxyl groups excluding tert-OH is 1. The van der Waals surface area contributed by atoms with E-state index in [1.807, 2.05) is 0 Å². The summed E-state index contributed by atoms with van der Waals surface area (Å²) in [5.41, 5.74) is 0. The predicted molar refractivity (Wildman–Crippen MR) is 135 cm³/mol. The van der Waals surface area contributed by atoms with Crippen LogP contribution in [0.15, 0.2) is 12.7 Å². The molecule has 1 saturated carbocycles. The highest BCUT2D eigenvalue weighted by atomic mass is 32.2. The van der Waals surface area contributed by atoms with E-state index in [-0.39, 0.29) is 42.9 Å². The second kappa shape index (κ2) is 12.8. The fraction of sp³-hybridized carbons (Fsp3) is 0.750. The molecule has 0 aromatic rings. The largest absolute Gasteiger partial charge is 0.375 e. The molecule has 2 aliphatic heterocycles. The Labute approximate surface area is 218 Å². The lowest BCUT2D eigenvalue weighted by Gasteiger charge is -2.31. The zero-order valence-corrected chi connectivity index (χ0v) is 22.2. The van der Waals surface area contributed by atoms with Gasteiger partial charge in [0.25, 0.3) is 0 Å². The average Bonchev–Trinajstić information content (AvgIpc) is 3.64. The number of nitrogens with zero attached hydrogens (tertiary/aromatic N) is 2. The minimum absolute atomic E-state index is 0.0229. The molecule has 3 rings (SSSR count). The van der Waals surface area contributed by atoms with Crippen LogP contribution in [0.1, 0.15) is 57.8 Å². The molecule has 37 heavy (non-hydrogen) atoms. The first-order valence-corrected chi connectivity index (χ1v) is 14.5. The van der Waals surface area contributed by atoms with E-state index in [4.69, 9.17) is 0 Å². The summed E-state index contributed by atoms with van der Waals surface area (Å²) in [5, 5.41) is 15.2. The maximum atomic E-state index is 13.0. The molecule has 4 amide bonds. The average molecular weight is 542 g/mol. The van der Waals surface area contributed by atoms with Crippen molar-refractivity contribution in [2.24, 2.45) is 5.92 Å². The van der Waals surface area contributed by atoms with Crippen molar-refractivity contribution in [1.29, 1.82) is 0 Å². The molecule has 0 spiro atoms. The third-order valence-electron chi connectivity index (χ3n) is 7.27. The van der Waals surface area contributed by atoms with Gasteiger partial charge in [0, 0.05) is 45.4 Å². The first-order chi connectivity index (χ1) is 17.6. The number of hydrogen-bond donors (Lipinski definition) is 4. The van der Waals surface area contributed by atoms with E-state index in [1.165, 1.54) is 11.0 Å². The molecular formula is C24H39N5O7S. The predicted octanol–water partition coefficient (Wildman–Crippen LogP) is -0.797. The Morgan fingerprint density at radius 2 is 1.65 bits per heavy atom. The molecule has 1 unspecified atom stereocenters. The number of carbonyl (C=O) groups excluding carboxylic acids is 4. The monoisotopic (exact) mass is 541 g/mol. The van der Waals surface area contributed by atoms with Crippen LogP contribution in [0.25, 0.3) is 0 Å². The lowest BCUT2D eigenvalue weighted by Crippen LogP contribution is -2.56. The van der Waals surface area contributed by atoms with Gasteiger partial charge < -0.3 is 25.5 Å². The van der Waals surface area contributed by atoms with Crippen LogP contribution in [0.5, 0.6) is 0 Å². The third-order valence-corrected chi connectivity index (χ3v) is 9.19. The van der Waals surface area contributed by atoms with Crippen molar-refractivity contribution < 1.29 is 32.7 Å². The van der Waals surface area contributed by atoms with Gasteiger partial charge >= 0.3 is 0 Å². The number of hydrogen-bond acceptors (Lipinski definition) is 7. The summed E-state index contributed by atoms with van der Waals surface area (Å²) >= 11 is 0. The van der Waals surface area contributed by atoms with E-state index in [0.29, 0.717) is 58.2 Å². The highest BCUT2D eigenvalue weighted by Gasteiger charge is 2.40. The number of piperidine rings is 1. The van der Waals surface area contributed by atoms with Crippen LogP contribution in [0.4, 0.5) is 0 Å². The fourth-order valence-electron chi connectivity index (χ4n) is 4.90. The molecule has 3 fully saturated rings. The molecule has 0 aromatic carbocycles. The van der Waals surface area contributed by atoms with E-state index in [0.717, 1.165) is 0 Å². The topological polar surface area (TPSA) is 165 Å². The van der Waals surface area contributed by atoms with Crippen LogP contribution in [0.3, 0.4) is 0 Å². The molecule has 3 atom stereocenters. The highest BCUT2D eigenvalue weighted by Crippen LogP contribution is 2.28.